The molecule has 0 amide bonds. The summed E-state index contributed by atoms with van der Waals surface area (Å²) in [6, 6.07) is 2.60. The van der Waals surface area contributed by atoms with E-state index in [9.17, 15) is 0 Å². The Morgan fingerprint density at radius 1 is 1.36 bits per heavy atom. The summed E-state index contributed by atoms with van der Waals surface area (Å²) in [5, 5.41) is 6.94. The zero-order valence-corrected chi connectivity index (χ0v) is 14.4. The van der Waals surface area contributed by atoms with Crippen LogP contribution in [0.4, 0.5) is 0 Å². The van der Waals surface area contributed by atoms with E-state index in [0.717, 1.165) is 24.0 Å². The molecule has 0 aromatic carbocycles. The van der Waals surface area contributed by atoms with E-state index >= 15 is 0 Å². The van der Waals surface area contributed by atoms with Crippen molar-refractivity contribution in [3.05, 3.63) is 23.2 Å². The molecule has 1 aromatic heterocycles. The van der Waals surface area contributed by atoms with Gasteiger partial charge in [0.05, 0.1) is 0 Å². The van der Waals surface area contributed by atoms with Crippen LogP contribution >= 0.6 is 0 Å². The monoisotopic (exact) mass is 306 g/mol. The van der Waals surface area contributed by atoms with E-state index < -0.39 is 0 Å². The summed E-state index contributed by atoms with van der Waals surface area (Å²) in [5.74, 6) is 2.82. The first-order valence-electron chi connectivity index (χ1n) is 8.37. The van der Waals surface area contributed by atoms with Gasteiger partial charge >= 0.3 is 0 Å². The molecule has 0 aliphatic carbocycles. The maximum absolute atomic E-state index is 5.56. The molecule has 1 aromatic rings. The zero-order chi connectivity index (χ0) is 15.9. The van der Waals surface area contributed by atoms with Crippen molar-refractivity contribution in [3.63, 3.8) is 0 Å². The predicted octanol–water partition coefficient (Wildman–Crippen LogP) is 2.44. The minimum Gasteiger partial charge on any atom is -0.466 e. The van der Waals surface area contributed by atoms with Gasteiger partial charge in [-0.3, -0.25) is 4.99 Å². The smallest absolute Gasteiger partial charge is 0.191 e. The summed E-state index contributed by atoms with van der Waals surface area (Å²) in [7, 11) is 1.83. The number of likely N-dealkylation sites (tertiary alicyclic amines) is 1. The quantitative estimate of drug-likeness (QED) is 0.648. The van der Waals surface area contributed by atoms with Crippen molar-refractivity contribution in [2.45, 2.75) is 52.6 Å². The van der Waals surface area contributed by atoms with Gasteiger partial charge in [0.25, 0.3) is 0 Å². The highest BCUT2D eigenvalue weighted by atomic mass is 16.3. The number of furan rings is 1. The fraction of sp³-hybridized carbons (Fsp3) is 0.706. The summed E-state index contributed by atoms with van der Waals surface area (Å²) in [4.78, 5) is 6.89. The van der Waals surface area contributed by atoms with Crippen LogP contribution in [0.5, 0.6) is 0 Å². The molecule has 2 N–H and O–H groups in total. The highest BCUT2D eigenvalue weighted by Crippen LogP contribution is 2.13. The maximum atomic E-state index is 5.56. The first-order valence-corrected chi connectivity index (χ1v) is 8.37. The number of hydrogen-bond donors (Lipinski definition) is 2. The average Bonchev–Trinajstić information content (AvgIpc) is 2.83. The maximum Gasteiger partial charge on any atom is 0.191 e. The predicted molar refractivity (Wildman–Crippen MR) is 91.3 cm³/mol. The van der Waals surface area contributed by atoms with Crippen LogP contribution in [0.3, 0.4) is 0 Å². The molecule has 1 saturated heterocycles. The summed E-state index contributed by atoms with van der Waals surface area (Å²) in [5.41, 5.74) is 1.19. The van der Waals surface area contributed by atoms with Crippen LogP contribution in [0.15, 0.2) is 15.5 Å². The standard InChI is InChI=1S/C17H30N4O/c1-5-8-21-9-6-16(7-10-21)20-17(18-4)19-12-15-11-13(2)22-14(15)3/h11,16H,5-10,12H2,1-4H3,(H2,18,19,20). The van der Waals surface area contributed by atoms with Gasteiger partial charge < -0.3 is 20.0 Å². The molecular formula is C17H30N4O. The molecule has 5 heteroatoms. The third-order valence-corrected chi connectivity index (χ3v) is 4.28. The van der Waals surface area contributed by atoms with Gasteiger partial charge in [-0.25, -0.2) is 0 Å². The average molecular weight is 306 g/mol. The van der Waals surface area contributed by atoms with Gasteiger partial charge in [-0.05, 0) is 45.7 Å². The van der Waals surface area contributed by atoms with Crippen LogP contribution in [0.2, 0.25) is 0 Å². The Morgan fingerprint density at radius 2 is 2.09 bits per heavy atom. The minimum atomic E-state index is 0.520. The first kappa shape index (κ1) is 16.9. The molecule has 0 spiro atoms. The number of hydrogen-bond acceptors (Lipinski definition) is 3. The van der Waals surface area contributed by atoms with Gasteiger partial charge in [-0.1, -0.05) is 6.92 Å². The molecule has 22 heavy (non-hydrogen) atoms. The molecule has 0 atom stereocenters. The lowest BCUT2D eigenvalue weighted by molar-refractivity contribution is 0.206. The topological polar surface area (TPSA) is 52.8 Å². The van der Waals surface area contributed by atoms with Gasteiger partial charge in [0.2, 0.25) is 0 Å². The number of nitrogens with one attached hydrogen (secondary N) is 2. The van der Waals surface area contributed by atoms with Crippen LogP contribution < -0.4 is 10.6 Å². The number of piperidine rings is 1. The highest BCUT2D eigenvalue weighted by Gasteiger charge is 2.19. The normalized spacial score (nSPS) is 17.7. The lowest BCUT2D eigenvalue weighted by Crippen LogP contribution is -2.48. The Morgan fingerprint density at radius 3 is 2.64 bits per heavy atom. The number of guanidine groups is 1. The molecule has 1 fully saturated rings. The largest absolute Gasteiger partial charge is 0.466 e. The second-order valence-electron chi connectivity index (χ2n) is 6.12. The number of rotatable bonds is 5. The molecule has 0 bridgehead atoms. The van der Waals surface area contributed by atoms with Gasteiger partial charge in [0, 0.05) is 38.3 Å². The van der Waals surface area contributed by atoms with Gasteiger partial charge in [0.1, 0.15) is 11.5 Å². The van der Waals surface area contributed by atoms with E-state index in [1.54, 1.807) is 0 Å². The highest BCUT2D eigenvalue weighted by molar-refractivity contribution is 5.79. The molecule has 1 aliphatic heterocycles. The van der Waals surface area contributed by atoms with Gasteiger partial charge in [-0.15, -0.1) is 0 Å². The number of aryl methyl sites for hydroxylation is 2. The van der Waals surface area contributed by atoms with Gasteiger partial charge in [0.15, 0.2) is 5.96 Å². The molecule has 0 saturated carbocycles. The summed E-state index contributed by atoms with van der Waals surface area (Å²) in [6.45, 7) is 10.6. The second-order valence-corrected chi connectivity index (χ2v) is 6.12. The minimum absolute atomic E-state index is 0.520. The summed E-state index contributed by atoms with van der Waals surface area (Å²) >= 11 is 0. The zero-order valence-electron chi connectivity index (χ0n) is 14.4. The van der Waals surface area contributed by atoms with Crippen LogP contribution in [-0.2, 0) is 6.54 Å². The Labute approximate surface area is 134 Å². The fourth-order valence-corrected chi connectivity index (χ4v) is 3.04. The van der Waals surface area contributed by atoms with E-state index in [2.05, 4.69) is 33.5 Å². The van der Waals surface area contributed by atoms with E-state index in [1.807, 2.05) is 20.9 Å². The van der Waals surface area contributed by atoms with E-state index in [1.165, 1.54) is 44.5 Å². The van der Waals surface area contributed by atoms with Crippen LogP contribution in [0.25, 0.3) is 0 Å². The Bertz CT molecular complexity index is 487. The lowest BCUT2D eigenvalue weighted by Gasteiger charge is -2.32. The van der Waals surface area contributed by atoms with Gasteiger partial charge in [-0.2, -0.15) is 0 Å². The van der Waals surface area contributed by atoms with Crippen molar-refractivity contribution in [2.75, 3.05) is 26.7 Å². The third-order valence-electron chi connectivity index (χ3n) is 4.28. The molecule has 0 unspecified atom stereocenters. The molecule has 2 rings (SSSR count). The van der Waals surface area contributed by atoms with Crippen molar-refractivity contribution in [2.24, 2.45) is 4.99 Å². The lowest BCUT2D eigenvalue weighted by atomic mass is 10.1. The Balaban J connectivity index is 1.77. The van der Waals surface area contributed by atoms with E-state index in [4.69, 9.17) is 4.42 Å². The molecular weight excluding hydrogens is 276 g/mol. The van der Waals surface area contributed by atoms with E-state index in [0.29, 0.717) is 6.04 Å². The second kappa shape index (κ2) is 8.22. The molecule has 5 nitrogen and oxygen atoms in total. The molecule has 0 radical (unpaired) electrons. The number of nitrogens with zero attached hydrogens (tertiary/aromatic N) is 2. The van der Waals surface area contributed by atoms with Crippen molar-refractivity contribution in [1.82, 2.24) is 15.5 Å². The summed E-state index contributed by atoms with van der Waals surface area (Å²) < 4.78 is 5.56. The van der Waals surface area contributed by atoms with Crippen LogP contribution in [0.1, 0.15) is 43.3 Å². The van der Waals surface area contributed by atoms with Crippen molar-refractivity contribution < 1.29 is 4.42 Å². The fourth-order valence-electron chi connectivity index (χ4n) is 3.04. The van der Waals surface area contributed by atoms with Crippen LogP contribution in [0, 0.1) is 13.8 Å². The van der Waals surface area contributed by atoms with E-state index in [-0.39, 0.29) is 0 Å². The molecule has 2 heterocycles. The van der Waals surface area contributed by atoms with Crippen LogP contribution in [-0.4, -0.2) is 43.6 Å². The summed E-state index contributed by atoms with van der Waals surface area (Å²) in [6.07, 6.45) is 3.61. The van der Waals surface area contributed by atoms with Crippen molar-refractivity contribution in [3.8, 4) is 0 Å². The number of aliphatic imine (C=N–C) groups is 1. The van der Waals surface area contributed by atoms with Crippen molar-refractivity contribution in [1.29, 1.82) is 0 Å². The SMILES string of the molecule is CCCN1CCC(NC(=NC)NCc2cc(C)oc2C)CC1. The third kappa shape index (κ3) is 4.77. The Hall–Kier alpha value is -1.49. The molecule has 124 valence electrons. The Kier molecular flexibility index (Phi) is 6.31. The molecule has 1 aliphatic rings. The first-order chi connectivity index (χ1) is 10.6. The van der Waals surface area contributed by atoms with Crippen molar-refractivity contribution >= 4 is 5.96 Å².